The first-order valence-corrected chi connectivity index (χ1v) is 6.22. The van der Waals surface area contributed by atoms with Crippen LogP contribution in [0, 0.1) is 19.8 Å². The minimum absolute atomic E-state index is 0.157. The van der Waals surface area contributed by atoms with E-state index in [1.807, 2.05) is 19.9 Å². The van der Waals surface area contributed by atoms with Gasteiger partial charge in [-0.2, -0.15) is 4.39 Å². The Morgan fingerprint density at radius 2 is 1.81 bits per heavy atom. The predicted octanol–water partition coefficient (Wildman–Crippen LogP) is 0.996. The van der Waals surface area contributed by atoms with Crippen LogP contribution in [-0.4, -0.2) is 19.2 Å². The summed E-state index contributed by atoms with van der Waals surface area (Å²) in [5.41, 5.74) is 1.22. The molecule has 0 aliphatic carbocycles. The van der Waals surface area contributed by atoms with Crippen molar-refractivity contribution in [2.24, 2.45) is 0 Å². The summed E-state index contributed by atoms with van der Waals surface area (Å²) in [4.78, 5) is 23.8. The van der Waals surface area contributed by atoms with Crippen molar-refractivity contribution in [3.05, 3.63) is 68.2 Å². The molecule has 2 aromatic heterocycles. The quantitative estimate of drug-likeness (QED) is 0.626. The van der Waals surface area contributed by atoms with Gasteiger partial charge in [-0.3, -0.25) is 9.59 Å². The fraction of sp³-hybridized carbons (Fsp3) is 0.143. The highest BCUT2D eigenvalue weighted by Crippen LogP contribution is 2.14. The molecule has 0 fully saturated rings. The monoisotopic (exact) mass is 286 g/mol. The standard InChI is InChI=1S/C14H11FN4O2/c1-8-3-4-10(5-9(8)2)18-12(20)6-11(15)19-13(21)7-16-17-14(18)19/h3-7H,1-2H3. The van der Waals surface area contributed by atoms with Crippen LogP contribution < -0.4 is 11.1 Å². The van der Waals surface area contributed by atoms with Gasteiger partial charge in [0.15, 0.2) is 0 Å². The summed E-state index contributed by atoms with van der Waals surface area (Å²) < 4.78 is 15.7. The Hall–Kier alpha value is -2.83. The van der Waals surface area contributed by atoms with Gasteiger partial charge in [0.1, 0.15) is 6.20 Å². The maximum atomic E-state index is 13.8. The SMILES string of the molecule is Cc1ccc(-n2c(=O)cc(F)n3c(=O)cnnc23)cc1C. The Labute approximate surface area is 118 Å². The number of halogens is 1. The molecule has 3 aromatic rings. The lowest BCUT2D eigenvalue weighted by Gasteiger charge is -2.11. The third kappa shape index (κ3) is 2.03. The molecule has 0 atom stereocenters. The lowest BCUT2D eigenvalue weighted by molar-refractivity contribution is 0.545. The van der Waals surface area contributed by atoms with E-state index < -0.39 is 17.1 Å². The molecule has 106 valence electrons. The van der Waals surface area contributed by atoms with Crippen molar-refractivity contribution in [1.29, 1.82) is 0 Å². The fourth-order valence-corrected chi connectivity index (χ4v) is 2.11. The Balaban J connectivity index is 2.48. The van der Waals surface area contributed by atoms with E-state index in [-0.39, 0.29) is 5.78 Å². The molecular formula is C14H11FN4O2. The van der Waals surface area contributed by atoms with E-state index in [4.69, 9.17) is 0 Å². The van der Waals surface area contributed by atoms with Gasteiger partial charge in [0.2, 0.25) is 11.7 Å². The van der Waals surface area contributed by atoms with Gasteiger partial charge in [0.25, 0.3) is 11.1 Å². The van der Waals surface area contributed by atoms with Gasteiger partial charge < -0.3 is 0 Å². The molecule has 0 unspecified atom stereocenters. The minimum atomic E-state index is -0.963. The number of benzene rings is 1. The van der Waals surface area contributed by atoms with E-state index >= 15 is 0 Å². The van der Waals surface area contributed by atoms with Gasteiger partial charge >= 0.3 is 0 Å². The first-order valence-electron chi connectivity index (χ1n) is 6.22. The highest BCUT2D eigenvalue weighted by Gasteiger charge is 2.13. The second kappa shape index (κ2) is 4.62. The number of nitrogens with zero attached hydrogens (tertiary/aromatic N) is 4. The van der Waals surface area contributed by atoms with Gasteiger partial charge in [-0.25, -0.2) is 8.97 Å². The van der Waals surface area contributed by atoms with Crippen molar-refractivity contribution in [3.8, 4) is 5.69 Å². The number of rotatable bonds is 1. The molecule has 0 spiro atoms. The van der Waals surface area contributed by atoms with Crippen molar-refractivity contribution in [1.82, 2.24) is 19.2 Å². The van der Waals surface area contributed by atoms with Gasteiger partial charge in [-0.05, 0) is 37.1 Å². The molecule has 3 rings (SSSR count). The molecule has 0 aliphatic heterocycles. The Morgan fingerprint density at radius 1 is 1.05 bits per heavy atom. The molecular weight excluding hydrogens is 275 g/mol. The van der Waals surface area contributed by atoms with Crippen LogP contribution >= 0.6 is 0 Å². The second-order valence-electron chi connectivity index (χ2n) is 4.73. The summed E-state index contributed by atoms with van der Waals surface area (Å²) in [5.74, 6) is -1.12. The molecule has 0 aliphatic rings. The Kier molecular flexibility index (Phi) is 2.90. The summed E-state index contributed by atoms with van der Waals surface area (Å²) in [6.07, 6.45) is 0.894. The average Bonchev–Trinajstić information content (AvgIpc) is 2.42. The molecule has 6 nitrogen and oxygen atoms in total. The molecule has 0 radical (unpaired) electrons. The van der Waals surface area contributed by atoms with E-state index in [1.165, 1.54) is 0 Å². The number of fused-ring (bicyclic) bond motifs is 1. The summed E-state index contributed by atoms with van der Waals surface area (Å²) in [6, 6.07) is 6.07. The van der Waals surface area contributed by atoms with Crippen LogP contribution in [0.3, 0.4) is 0 Å². The molecule has 1 aromatic carbocycles. The normalized spacial score (nSPS) is 11.0. The van der Waals surface area contributed by atoms with Crippen LogP contribution in [0.25, 0.3) is 11.5 Å². The molecule has 0 N–H and O–H groups in total. The fourth-order valence-electron chi connectivity index (χ4n) is 2.11. The lowest BCUT2D eigenvalue weighted by atomic mass is 10.1. The van der Waals surface area contributed by atoms with Gasteiger partial charge in [-0.1, -0.05) is 6.07 Å². The summed E-state index contributed by atoms with van der Waals surface area (Å²) in [6.45, 7) is 3.84. The molecule has 2 heterocycles. The van der Waals surface area contributed by atoms with E-state index in [0.717, 1.165) is 28.0 Å². The maximum absolute atomic E-state index is 13.8. The largest absolute Gasteiger partial charge is 0.280 e. The average molecular weight is 286 g/mol. The molecule has 0 amide bonds. The van der Waals surface area contributed by atoms with Crippen molar-refractivity contribution in [2.45, 2.75) is 13.8 Å². The van der Waals surface area contributed by atoms with Gasteiger partial charge in [0, 0.05) is 0 Å². The van der Waals surface area contributed by atoms with Gasteiger partial charge in [0.05, 0.1) is 11.8 Å². The Bertz CT molecular complexity index is 975. The highest BCUT2D eigenvalue weighted by atomic mass is 19.1. The van der Waals surface area contributed by atoms with Crippen LogP contribution in [0.1, 0.15) is 11.1 Å². The highest BCUT2D eigenvalue weighted by molar-refractivity contribution is 5.46. The van der Waals surface area contributed by atoms with Crippen LogP contribution in [0.2, 0.25) is 0 Å². The topological polar surface area (TPSA) is 69.3 Å². The number of hydrogen-bond acceptors (Lipinski definition) is 4. The number of hydrogen-bond donors (Lipinski definition) is 0. The zero-order valence-electron chi connectivity index (χ0n) is 11.4. The third-order valence-corrected chi connectivity index (χ3v) is 3.36. The van der Waals surface area contributed by atoms with E-state index in [0.29, 0.717) is 10.1 Å². The lowest BCUT2D eigenvalue weighted by Crippen LogP contribution is -2.29. The van der Waals surface area contributed by atoms with Crippen LogP contribution in [0.4, 0.5) is 4.39 Å². The van der Waals surface area contributed by atoms with Crippen molar-refractivity contribution < 1.29 is 4.39 Å². The van der Waals surface area contributed by atoms with Crippen LogP contribution in [0.5, 0.6) is 0 Å². The summed E-state index contributed by atoms with van der Waals surface area (Å²) in [5, 5.41) is 7.24. The minimum Gasteiger partial charge on any atom is -0.269 e. The van der Waals surface area contributed by atoms with E-state index in [1.54, 1.807) is 12.1 Å². The first-order chi connectivity index (χ1) is 9.99. The zero-order valence-corrected chi connectivity index (χ0v) is 11.4. The maximum Gasteiger partial charge on any atom is 0.280 e. The molecule has 7 heteroatoms. The van der Waals surface area contributed by atoms with Crippen LogP contribution in [-0.2, 0) is 0 Å². The van der Waals surface area contributed by atoms with E-state index in [9.17, 15) is 14.0 Å². The zero-order chi connectivity index (χ0) is 15.1. The summed E-state index contributed by atoms with van der Waals surface area (Å²) in [7, 11) is 0. The first kappa shape index (κ1) is 13.2. The third-order valence-electron chi connectivity index (χ3n) is 3.36. The van der Waals surface area contributed by atoms with Crippen molar-refractivity contribution in [3.63, 3.8) is 0 Å². The molecule has 0 saturated heterocycles. The second-order valence-corrected chi connectivity index (χ2v) is 4.73. The molecule has 0 bridgehead atoms. The molecule has 0 saturated carbocycles. The summed E-state index contributed by atoms with van der Waals surface area (Å²) >= 11 is 0. The number of aromatic nitrogens is 4. The number of aryl methyl sites for hydroxylation is 2. The van der Waals surface area contributed by atoms with Crippen molar-refractivity contribution in [2.75, 3.05) is 0 Å². The van der Waals surface area contributed by atoms with Crippen LogP contribution in [0.15, 0.2) is 40.1 Å². The van der Waals surface area contributed by atoms with Crippen molar-refractivity contribution >= 4 is 5.78 Å². The Morgan fingerprint density at radius 3 is 2.52 bits per heavy atom. The van der Waals surface area contributed by atoms with E-state index in [2.05, 4.69) is 10.2 Å². The van der Waals surface area contributed by atoms with Gasteiger partial charge in [-0.15, -0.1) is 10.2 Å². The smallest absolute Gasteiger partial charge is 0.269 e. The predicted molar refractivity (Wildman–Crippen MR) is 74.3 cm³/mol. The molecule has 21 heavy (non-hydrogen) atoms.